The van der Waals surface area contributed by atoms with Crippen LogP contribution in [-0.4, -0.2) is 50.9 Å². The van der Waals surface area contributed by atoms with E-state index in [1.807, 2.05) is 19.9 Å². The molecule has 2 heterocycles. The maximum atomic E-state index is 12.2. The number of likely N-dealkylation sites (tertiary alicyclic amines) is 1. The summed E-state index contributed by atoms with van der Waals surface area (Å²) in [5.74, 6) is 0.653. The summed E-state index contributed by atoms with van der Waals surface area (Å²) in [7, 11) is 4.44. The van der Waals surface area contributed by atoms with E-state index < -0.39 is 0 Å². The quantitative estimate of drug-likeness (QED) is 0.917. The Labute approximate surface area is 138 Å². The third kappa shape index (κ3) is 2.38. The van der Waals surface area contributed by atoms with E-state index in [1.165, 1.54) is 17.8 Å². The minimum absolute atomic E-state index is 0.131. The van der Waals surface area contributed by atoms with Gasteiger partial charge in [0.15, 0.2) is 6.17 Å². The number of carbonyl (C=O) groups excluding carboxylic acids is 1. The number of amides is 1. The number of quaternary nitrogens is 1. The van der Waals surface area contributed by atoms with Crippen molar-refractivity contribution in [2.75, 3.05) is 38.6 Å². The minimum atomic E-state index is -0.267. The fraction of sp³-hybridized carbons (Fsp3) is 0.611. The van der Waals surface area contributed by atoms with E-state index in [-0.39, 0.29) is 11.5 Å². The fourth-order valence-electron chi connectivity index (χ4n) is 4.44. The molecule has 0 spiro atoms. The van der Waals surface area contributed by atoms with Crippen molar-refractivity contribution in [2.24, 2.45) is 0 Å². The number of likely N-dealkylation sites (N-methyl/N-ethyl adjacent to an activating group) is 2. The standard InChI is InChI=1S/C18H27N3O2/c1-6-21(7-2)17(22)23-13-8-9-15-14(12-13)18(3)10-11-19(4)16(18)20(15)5/h8-9,12,16H,6-7,10-11H2,1-5H3/p+1/t16?,18-/m0/s1. The van der Waals surface area contributed by atoms with E-state index in [0.29, 0.717) is 25.0 Å². The molecule has 2 aliphatic rings. The number of benzene rings is 1. The summed E-state index contributed by atoms with van der Waals surface area (Å²) in [6.07, 6.45) is 1.36. The molecule has 0 aromatic heterocycles. The lowest BCUT2D eigenvalue weighted by molar-refractivity contribution is -0.893. The van der Waals surface area contributed by atoms with Gasteiger partial charge in [-0.15, -0.1) is 0 Å². The second-order valence-corrected chi connectivity index (χ2v) is 7.00. The number of fused-ring (bicyclic) bond motifs is 3. The Bertz CT molecular complexity index is 614. The van der Waals surface area contributed by atoms with Gasteiger partial charge in [0.05, 0.1) is 19.0 Å². The van der Waals surface area contributed by atoms with Crippen molar-refractivity contribution in [1.29, 1.82) is 0 Å². The largest absolute Gasteiger partial charge is 0.415 e. The number of hydrogen-bond donors (Lipinski definition) is 1. The van der Waals surface area contributed by atoms with E-state index in [1.54, 1.807) is 9.80 Å². The first-order chi connectivity index (χ1) is 10.9. The van der Waals surface area contributed by atoms with E-state index in [4.69, 9.17) is 4.74 Å². The normalized spacial score (nSPS) is 28.5. The molecule has 126 valence electrons. The highest BCUT2D eigenvalue weighted by molar-refractivity contribution is 5.72. The molecule has 1 N–H and O–H groups in total. The number of nitrogens with zero attached hydrogens (tertiary/aromatic N) is 2. The molecular formula is C18H28N3O2+. The van der Waals surface area contributed by atoms with Gasteiger partial charge in [-0.25, -0.2) is 4.79 Å². The van der Waals surface area contributed by atoms with Crippen LogP contribution in [0.1, 0.15) is 32.8 Å². The topological polar surface area (TPSA) is 37.2 Å². The molecule has 1 aromatic carbocycles. The number of rotatable bonds is 3. The highest BCUT2D eigenvalue weighted by Gasteiger charge is 2.55. The van der Waals surface area contributed by atoms with Gasteiger partial charge in [0.25, 0.3) is 0 Å². The summed E-state index contributed by atoms with van der Waals surface area (Å²) in [6, 6.07) is 6.08. The first kappa shape index (κ1) is 16.1. The zero-order chi connectivity index (χ0) is 16.8. The molecule has 3 rings (SSSR count). The Morgan fingerprint density at radius 1 is 1.43 bits per heavy atom. The van der Waals surface area contributed by atoms with Gasteiger partial charge in [-0.3, -0.25) is 0 Å². The number of ether oxygens (including phenoxy) is 1. The summed E-state index contributed by atoms with van der Waals surface area (Å²) < 4.78 is 5.60. The van der Waals surface area contributed by atoms with Gasteiger partial charge >= 0.3 is 6.09 Å². The molecule has 0 saturated carbocycles. The summed E-state index contributed by atoms with van der Waals surface area (Å²) >= 11 is 0. The highest BCUT2D eigenvalue weighted by Crippen LogP contribution is 2.47. The Kier molecular flexibility index (Phi) is 4.00. The molecule has 2 unspecified atom stereocenters. The van der Waals surface area contributed by atoms with E-state index >= 15 is 0 Å². The molecule has 1 aromatic rings. The van der Waals surface area contributed by atoms with Crippen LogP contribution in [0.5, 0.6) is 5.75 Å². The van der Waals surface area contributed by atoms with Crippen LogP contribution in [-0.2, 0) is 5.41 Å². The van der Waals surface area contributed by atoms with Gasteiger partial charge in [-0.2, -0.15) is 0 Å². The number of nitrogens with one attached hydrogen (secondary N) is 1. The Morgan fingerprint density at radius 3 is 2.78 bits per heavy atom. The highest BCUT2D eigenvalue weighted by atomic mass is 16.6. The zero-order valence-electron chi connectivity index (χ0n) is 14.8. The number of hydrogen-bond acceptors (Lipinski definition) is 3. The lowest BCUT2D eigenvalue weighted by Gasteiger charge is -2.28. The molecule has 0 aliphatic carbocycles. The van der Waals surface area contributed by atoms with Crippen molar-refractivity contribution in [3.05, 3.63) is 23.8 Å². The van der Waals surface area contributed by atoms with Crippen molar-refractivity contribution >= 4 is 11.8 Å². The maximum absolute atomic E-state index is 12.2. The zero-order valence-corrected chi connectivity index (χ0v) is 14.8. The van der Waals surface area contributed by atoms with Crippen molar-refractivity contribution in [2.45, 2.75) is 38.8 Å². The molecule has 5 nitrogen and oxygen atoms in total. The van der Waals surface area contributed by atoms with Crippen LogP contribution >= 0.6 is 0 Å². The molecule has 0 bridgehead atoms. The second-order valence-electron chi connectivity index (χ2n) is 7.00. The second kappa shape index (κ2) is 5.71. The van der Waals surface area contributed by atoms with Gasteiger partial charge < -0.3 is 19.4 Å². The molecule has 2 aliphatic heterocycles. The van der Waals surface area contributed by atoms with Crippen LogP contribution in [0.25, 0.3) is 0 Å². The summed E-state index contributed by atoms with van der Waals surface area (Å²) in [5, 5.41) is 0. The molecule has 3 atom stereocenters. The molecule has 1 saturated heterocycles. The van der Waals surface area contributed by atoms with Gasteiger partial charge in [-0.1, -0.05) is 0 Å². The van der Waals surface area contributed by atoms with E-state index in [2.05, 4.69) is 38.1 Å². The van der Waals surface area contributed by atoms with Crippen molar-refractivity contribution in [3.8, 4) is 5.75 Å². The molecular weight excluding hydrogens is 290 g/mol. The SMILES string of the molecule is CCN(CC)C(=O)Oc1ccc2c(c1)[C@]1(C)CC[NH+](C)C1N2C. The average molecular weight is 318 g/mol. The third-order valence-electron chi connectivity index (χ3n) is 5.69. The first-order valence-electron chi connectivity index (χ1n) is 8.58. The van der Waals surface area contributed by atoms with Gasteiger partial charge in [0.2, 0.25) is 0 Å². The van der Waals surface area contributed by atoms with Crippen LogP contribution in [0.15, 0.2) is 18.2 Å². The van der Waals surface area contributed by atoms with Gasteiger partial charge in [-0.05, 0) is 44.5 Å². The average Bonchev–Trinajstić information content (AvgIpc) is 2.94. The Hall–Kier alpha value is -1.75. The van der Waals surface area contributed by atoms with Crippen LogP contribution in [0.4, 0.5) is 10.5 Å². The molecule has 1 amide bonds. The summed E-state index contributed by atoms with van der Waals surface area (Å²) in [6.45, 7) is 8.77. The predicted octanol–water partition coefficient (Wildman–Crippen LogP) is 1.48. The molecule has 23 heavy (non-hydrogen) atoms. The van der Waals surface area contributed by atoms with E-state index in [9.17, 15) is 4.79 Å². The smallest absolute Gasteiger partial charge is 0.410 e. The van der Waals surface area contributed by atoms with E-state index in [0.717, 1.165) is 6.42 Å². The molecule has 0 radical (unpaired) electrons. The predicted molar refractivity (Wildman–Crippen MR) is 91.3 cm³/mol. The third-order valence-corrected chi connectivity index (χ3v) is 5.69. The Morgan fingerprint density at radius 2 is 2.13 bits per heavy atom. The van der Waals surface area contributed by atoms with Crippen LogP contribution < -0.4 is 14.5 Å². The molecule has 1 fully saturated rings. The lowest BCUT2D eigenvalue weighted by atomic mass is 9.81. The molecule has 5 heteroatoms. The fourth-order valence-corrected chi connectivity index (χ4v) is 4.44. The van der Waals surface area contributed by atoms with Crippen LogP contribution in [0, 0.1) is 0 Å². The summed E-state index contributed by atoms with van der Waals surface area (Å²) in [4.78, 5) is 17.8. The number of anilines is 1. The lowest BCUT2D eigenvalue weighted by Crippen LogP contribution is -3.13. The minimum Gasteiger partial charge on any atom is -0.410 e. The van der Waals surface area contributed by atoms with Crippen molar-refractivity contribution in [1.82, 2.24) is 4.90 Å². The van der Waals surface area contributed by atoms with Gasteiger partial charge in [0, 0.05) is 32.2 Å². The number of carbonyl (C=O) groups is 1. The van der Waals surface area contributed by atoms with Gasteiger partial charge in [0.1, 0.15) is 5.75 Å². The van der Waals surface area contributed by atoms with Crippen molar-refractivity contribution < 1.29 is 14.4 Å². The first-order valence-corrected chi connectivity index (χ1v) is 8.58. The van der Waals surface area contributed by atoms with Crippen molar-refractivity contribution in [3.63, 3.8) is 0 Å². The monoisotopic (exact) mass is 318 g/mol. The van der Waals surface area contributed by atoms with Crippen LogP contribution in [0.2, 0.25) is 0 Å². The Balaban J connectivity index is 1.89. The van der Waals surface area contributed by atoms with Crippen LogP contribution in [0.3, 0.4) is 0 Å². The summed E-state index contributed by atoms with van der Waals surface area (Å²) in [5.41, 5.74) is 2.71. The maximum Gasteiger partial charge on any atom is 0.415 e.